The zero-order valence-electron chi connectivity index (χ0n) is 19.4. The first-order valence-corrected chi connectivity index (χ1v) is 13.4. The molecular formula is C26H30N4O3S. The van der Waals surface area contributed by atoms with Crippen molar-refractivity contribution in [1.82, 2.24) is 9.29 Å². The van der Waals surface area contributed by atoms with Crippen molar-refractivity contribution in [2.24, 2.45) is 5.92 Å². The fourth-order valence-corrected chi connectivity index (χ4v) is 6.43. The zero-order valence-corrected chi connectivity index (χ0v) is 20.2. The summed E-state index contributed by atoms with van der Waals surface area (Å²) in [7, 11) is -3.46. The van der Waals surface area contributed by atoms with Crippen LogP contribution in [0.4, 0.5) is 11.5 Å². The van der Waals surface area contributed by atoms with E-state index in [-0.39, 0.29) is 11.8 Å². The number of nitrogens with zero attached hydrogens (tertiary/aromatic N) is 3. The van der Waals surface area contributed by atoms with Gasteiger partial charge in [0.05, 0.1) is 16.3 Å². The number of carbonyl (C=O) groups is 1. The molecule has 0 unspecified atom stereocenters. The summed E-state index contributed by atoms with van der Waals surface area (Å²) in [6.45, 7) is 4.64. The number of aromatic nitrogens is 1. The Bertz CT molecular complexity index is 1320. The number of nitrogens with one attached hydrogen (secondary N) is 1. The third kappa shape index (κ3) is 4.65. The summed E-state index contributed by atoms with van der Waals surface area (Å²) < 4.78 is 27.4. The second kappa shape index (κ2) is 9.35. The average Bonchev–Trinajstić information content (AvgIpc) is 3.39. The maximum absolute atomic E-state index is 12.9. The summed E-state index contributed by atoms with van der Waals surface area (Å²) in [6.07, 6.45) is 3.59. The quantitative estimate of drug-likeness (QED) is 0.595. The van der Waals surface area contributed by atoms with Crippen molar-refractivity contribution in [3.05, 3.63) is 60.2 Å². The molecule has 2 aliphatic rings. The molecule has 2 aliphatic heterocycles. The lowest BCUT2D eigenvalue weighted by Gasteiger charge is -2.33. The topological polar surface area (TPSA) is 82.6 Å². The number of sulfonamides is 1. The van der Waals surface area contributed by atoms with Gasteiger partial charge in [-0.15, -0.1) is 0 Å². The zero-order chi connectivity index (χ0) is 23.7. The van der Waals surface area contributed by atoms with E-state index in [2.05, 4.69) is 10.2 Å². The molecule has 178 valence electrons. The van der Waals surface area contributed by atoms with Gasteiger partial charge >= 0.3 is 0 Å². The molecule has 0 bridgehead atoms. The molecule has 5 rings (SSSR count). The number of pyridine rings is 1. The summed E-state index contributed by atoms with van der Waals surface area (Å²) in [5.74, 6) is 0.739. The van der Waals surface area contributed by atoms with Gasteiger partial charge in [0.2, 0.25) is 15.9 Å². The van der Waals surface area contributed by atoms with Crippen LogP contribution in [-0.4, -0.2) is 49.8 Å². The highest BCUT2D eigenvalue weighted by atomic mass is 32.2. The standard InChI is InChI=1S/C26H30N4O3S/c1-19-6-4-8-22(16-19)27-26(31)21-7-5-13-29(18-21)25-12-9-20-17-23(10-11-24(20)28-25)34(32,33)30-14-2-3-15-30/h4,6,8-12,16-17,21H,2-3,5,7,13-15,18H2,1H3,(H,27,31)/t21-/m1/s1. The van der Waals surface area contributed by atoms with E-state index in [0.717, 1.165) is 60.2 Å². The van der Waals surface area contributed by atoms with Gasteiger partial charge in [-0.2, -0.15) is 4.31 Å². The van der Waals surface area contributed by atoms with Crippen LogP contribution in [0.2, 0.25) is 0 Å². The molecular weight excluding hydrogens is 448 g/mol. The molecule has 2 aromatic carbocycles. The number of rotatable bonds is 5. The SMILES string of the molecule is Cc1cccc(NC(=O)[C@@H]2CCCN(c3ccc4cc(S(=O)(=O)N5CCCC5)ccc4n3)C2)c1. The van der Waals surface area contributed by atoms with Gasteiger partial charge in [-0.05, 0) is 80.6 Å². The smallest absolute Gasteiger partial charge is 0.243 e. The molecule has 0 aliphatic carbocycles. The first-order valence-electron chi connectivity index (χ1n) is 11.9. The molecule has 3 heterocycles. The number of anilines is 2. The fraction of sp³-hybridized carbons (Fsp3) is 0.385. The summed E-state index contributed by atoms with van der Waals surface area (Å²) in [6, 6.07) is 16.8. The average molecular weight is 479 g/mol. The monoisotopic (exact) mass is 478 g/mol. The highest BCUT2D eigenvalue weighted by Crippen LogP contribution is 2.28. The van der Waals surface area contributed by atoms with Crippen LogP contribution in [0.15, 0.2) is 59.5 Å². The van der Waals surface area contributed by atoms with Gasteiger partial charge < -0.3 is 10.2 Å². The van der Waals surface area contributed by atoms with Crippen molar-refractivity contribution < 1.29 is 13.2 Å². The molecule has 0 radical (unpaired) electrons. The van der Waals surface area contributed by atoms with Crippen molar-refractivity contribution in [2.75, 3.05) is 36.4 Å². The molecule has 1 atom stereocenters. The minimum absolute atomic E-state index is 0.0350. The van der Waals surface area contributed by atoms with E-state index in [1.165, 1.54) is 0 Å². The Hall–Kier alpha value is -2.97. The van der Waals surface area contributed by atoms with E-state index in [0.29, 0.717) is 24.5 Å². The lowest BCUT2D eigenvalue weighted by Crippen LogP contribution is -2.41. The Balaban J connectivity index is 1.32. The molecule has 34 heavy (non-hydrogen) atoms. The molecule has 1 aromatic heterocycles. The lowest BCUT2D eigenvalue weighted by molar-refractivity contribution is -0.120. The number of aryl methyl sites for hydroxylation is 1. The molecule has 1 amide bonds. The van der Waals surface area contributed by atoms with Crippen molar-refractivity contribution in [3.63, 3.8) is 0 Å². The number of benzene rings is 2. The van der Waals surface area contributed by atoms with Crippen LogP contribution >= 0.6 is 0 Å². The number of fused-ring (bicyclic) bond motifs is 1. The van der Waals surface area contributed by atoms with E-state index < -0.39 is 10.0 Å². The molecule has 2 saturated heterocycles. The Labute approximate surface area is 200 Å². The predicted octanol–water partition coefficient (Wildman–Crippen LogP) is 4.18. The van der Waals surface area contributed by atoms with Crippen LogP contribution < -0.4 is 10.2 Å². The van der Waals surface area contributed by atoms with Crippen molar-refractivity contribution in [3.8, 4) is 0 Å². The van der Waals surface area contributed by atoms with Gasteiger partial charge in [0.25, 0.3) is 0 Å². The second-order valence-corrected chi connectivity index (χ2v) is 11.2. The first-order chi connectivity index (χ1) is 16.4. The van der Waals surface area contributed by atoms with Crippen LogP contribution in [0.5, 0.6) is 0 Å². The lowest BCUT2D eigenvalue weighted by atomic mass is 9.97. The maximum Gasteiger partial charge on any atom is 0.243 e. The maximum atomic E-state index is 12.9. The van der Waals surface area contributed by atoms with E-state index in [9.17, 15) is 13.2 Å². The molecule has 3 aromatic rings. The number of piperidine rings is 1. The van der Waals surface area contributed by atoms with E-state index in [4.69, 9.17) is 4.98 Å². The van der Waals surface area contributed by atoms with Crippen LogP contribution in [0.25, 0.3) is 10.9 Å². The Morgan fingerprint density at radius 2 is 1.82 bits per heavy atom. The molecule has 0 spiro atoms. The predicted molar refractivity (Wildman–Crippen MR) is 134 cm³/mol. The number of amides is 1. The highest BCUT2D eigenvalue weighted by molar-refractivity contribution is 7.89. The summed E-state index contributed by atoms with van der Waals surface area (Å²) >= 11 is 0. The number of hydrogen-bond acceptors (Lipinski definition) is 5. The van der Waals surface area contributed by atoms with Gasteiger partial charge in [0, 0.05) is 37.3 Å². The largest absolute Gasteiger partial charge is 0.356 e. The Morgan fingerprint density at radius 1 is 1.00 bits per heavy atom. The van der Waals surface area contributed by atoms with Crippen molar-refractivity contribution >= 4 is 38.3 Å². The Kier molecular flexibility index (Phi) is 6.27. The summed E-state index contributed by atoms with van der Waals surface area (Å²) in [4.78, 5) is 20.2. The van der Waals surface area contributed by atoms with E-state index in [1.807, 2.05) is 43.3 Å². The molecule has 8 heteroatoms. The minimum Gasteiger partial charge on any atom is -0.356 e. The third-order valence-electron chi connectivity index (χ3n) is 6.75. The van der Waals surface area contributed by atoms with E-state index in [1.54, 1.807) is 22.5 Å². The second-order valence-electron chi connectivity index (χ2n) is 9.28. The van der Waals surface area contributed by atoms with E-state index >= 15 is 0 Å². The highest BCUT2D eigenvalue weighted by Gasteiger charge is 2.28. The van der Waals surface area contributed by atoms with Gasteiger partial charge in [-0.3, -0.25) is 4.79 Å². The number of carbonyl (C=O) groups excluding carboxylic acids is 1. The van der Waals surface area contributed by atoms with Crippen molar-refractivity contribution in [2.45, 2.75) is 37.5 Å². The number of hydrogen-bond donors (Lipinski definition) is 1. The minimum atomic E-state index is -3.46. The molecule has 1 N–H and O–H groups in total. The van der Waals surface area contributed by atoms with Crippen LogP contribution in [0.3, 0.4) is 0 Å². The Morgan fingerprint density at radius 3 is 2.62 bits per heavy atom. The van der Waals surface area contributed by atoms with Crippen molar-refractivity contribution in [1.29, 1.82) is 0 Å². The summed E-state index contributed by atoms with van der Waals surface area (Å²) in [5, 5.41) is 3.85. The van der Waals surface area contributed by atoms with Gasteiger partial charge in [-0.25, -0.2) is 13.4 Å². The first kappa shape index (κ1) is 22.8. The third-order valence-corrected chi connectivity index (χ3v) is 8.65. The molecule has 0 saturated carbocycles. The van der Waals surface area contributed by atoms with Crippen LogP contribution in [0.1, 0.15) is 31.2 Å². The van der Waals surface area contributed by atoms with Crippen LogP contribution in [-0.2, 0) is 14.8 Å². The molecule has 7 nitrogen and oxygen atoms in total. The van der Waals surface area contributed by atoms with Gasteiger partial charge in [0.15, 0.2) is 0 Å². The molecule has 2 fully saturated rings. The summed E-state index contributed by atoms with van der Waals surface area (Å²) in [5.41, 5.74) is 2.69. The van der Waals surface area contributed by atoms with Crippen LogP contribution in [0, 0.1) is 12.8 Å². The van der Waals surface area contributed by atoms with Gasteiger partial charge in [-0.1, -0.05) is 12.1 Å². The van der Waals surface area contributed by atoms with Gasteiger partial charge in [0.1, 0.15) is 5.82 Å². The normalized spacial score (nSPS) is 19.4. The fourth-order valence-electron chi connectivity index (χ4n) is 4.87.